The van der Waals surface area contributed by atoms with Gasteiger partial charge in [0.25, 0.3) is 0 Å². The van der Waals surface area contributed by atoms with Gasteiger partial charge in [-0.1, -0.05) is 18.2 Å². The first kappa shape index (κ1) is 10.6. The first-order valence-electron chi connectivity index (χ1n) is 4.76. The molecule has 0 amide bonds. The highest BCUT2D eigenvalue weighted by atomic mass is 79.9. The summed E-state index contributed by atoms with van der Waals surface area (Å²) in [5, 5.41) is 10.9. The largest absolute Gasteiger partial charge is 0.384 e. The summed E-state index contributed by atoms with van der Waals surface area (Å²) in [7, 11) is 0. The Morgan fingerprint density at radius 2 is 1.93 bits per heavy atom. The van der Waals surface area contributed by atoms with Crippen molar-refractivity contribution >= 4 is 26.8 Å². The molecular formula is C12H12BrNO. The molecule has 0 fully saturated rings. The van der Waals surface area contributed by atoms with Gasteiger partial charge in [0.2, 0.25) is 0 Å². The molecule has 2 nitrogen and oxygen atoms in total. The van der Waals surface area contributed by atoms with Gasteiger partial charge in [-0.2, -0.15) is 0 Å². The minimum atomic E-state index is -0.899. The molecule has 1 aromatic heterocycles. The van der Waals surface area contributed by atoms with Crippen LogP contribution in [-0.4, -0.2) is 10.1 Å². The SMILES string of the molecule is CC(C)(O)c1ccc2cccc(Br)c2n1. The van der Waals surface area contributed by atoms with Gasteiger partial charge in [-0.3, -0.25) is 0 Å². The topological polar surface area (TPSA) is 33.1 Å². The lowest BCUT2D eigenvalue weighted by Crippen LogP contribution is -2.17. The lowest BCUT2D eigenvalue weighted by Gasteiger charge is -2.17. The molecule has 0 saturated heterocycles. The Hall–Kier alpha value is -0.930. The van der Waals surface area contributed by atoms with Crippen molar-refractivity contribution in [3.05, 3.63) is 40.5 Å². The Labute approximate surface area is 97.1 Å². The molecule has 78 valence electrons. The van der Waals surface area contributed by atoms with Gasteiger partial charge < -0.3 is 5.11 Å². The van der Waals surface area contributed by atoms with Crippen molar-refractivity contribution < 1.29 is 5.11 Å². The van der Waals surface area contributed by atoms with E-state index in [1.807, 2.05) is 30.3 Å². The molecule has 2 aromatic rings. The maximum Gasteiger partial charge on any atom is 0.101 e. The van der Waals surface area contributed by atoms with E-state index in [9.17, 15) is 5.11 Å². The molecule has 0 spiro atoms. The molecule has 0 aliphatic carbocycles. The Bertz CT molecular complexity index is 502. The number of rotatable bonds is 1. The molecule has 2 rings (SSSR count). The monoisotopic (exact) mass is 265 g/mol. The van der Waals surface area contributed by atoms with Gasteiger partial charge in [0, 0.05) is 9.86 Å². The normalized spacial score (nSPS) is 12.0. The van der Waals surface area contributed by atoms with E-state index in [1.54, 1.807) is 13.8 Å². The van der Waals surface area contributed by atoms with Crippen LogP contribution in [-0.2, 0) is 5.60 Å². The van der Waals surface area contributed by atoms with Crippen molar-refractivity contribution in [1.29, 1.82) is 0 Å². The molecule has 0 atom stereocenters. The fourth-order valence-electron chi connectivity index (χ4n) is 1.45. The lowest BCUT2D eigenvalue weighted by molar-refractivity contribution is 0.0742. The summed E-state index contributed by atoms with van der Waals surface area (Å²) < 4.78 is 0.950. The first-order valence-corrected chi connectivity index (χ1v) is 5.56. The van der Waals surface area contributed by atoms with Crippen molar-refractivity contribution in [2.24, 2.45) is 0 Å². The highest BCUT2D eigenvalue weighted by Crippen LogP contribution is 2.25. The van der Waals surface area contributed by atoms with E-state index in [0.29, 0.717) is 5.69 Å². The number of benzene rings is 1. The van der Waals surface area contributed by atoms with E-state index in [4.69, 9.17) is 0 Å². The Kier molecular flexibility index (Phi) is 2.52. The molecule has 0 bridgehead atoms. The molecule has 3 heteroatoms. The van der Waals surface area contributed by atoms with Gasteiger partial charge in [0.1, 0.15) is 5.60 Å². The van der Waals surface area contributed by atoms with Crippen molar-refractivity contribution in [3.63, 3.8) is 0 Å². The molecule has 1 aromatic carbocycles. The third-order valence-electron chi connectivity index (χ3n) is 2.30. The predicted molar refractivity (Wildman–Crippen MR) is 64.7 cm³/mol. The number of aliphatic hydroxyl groups is 1. The Morgan fingerprint density at radius 1 is 1.20 bits per heavy atom. The number of nitrogens with zero attached hydrogens (tertiary/aromatic N) is 1. The molecule has 0 aliphatic heterocycles. The quantitative estimate of drug-likeness (QED) is 0.859. The summed E-state index contributed by atoms with van der Waals surface area (Å²) in [6.45, 7) is 3.47. The summed E-state index contributed by atoms with van der Waals surface area (Å²) in [6, 6.07) is 9.75. The van der Waals surface area contributed by atoms with Crippen LogP contribution in [0.1, 0.15) is 19.5 Å². The maximum absolute atomic E-state index is 9.86. The third-order valence-corrected chi connectivity index (χ3v) is 2.94. The zero-order valence-electron chi connectivity index (χ0n) is 8.66. The highest BCUT2D eigenvalue weighted by Gasteiger charge is 2.18. The number of halogens is 1. The summed E-state index contributed by atoms with van der Waals surface area (Å²) in [5.74, 6) is 0. The van der Waals surface area contributed by atoms with Crippen LogP contribution in [0.3, 0.4) is 0 Å². The molecule has 0 radical (unpaired) electrons. The molecule has 1 heterocycles. The van der Waals surface area contributed by atoms with Crippen molar-refractivity contribution in [2.75, 3.05) is 0 Å². The highest BCUT2D eigenvalue weighted by molar-refractivity contribution is 9.10. The van der Waals surface area contributed by atoms with Crippen LogP contribution in [0.2, 0.25) is 0 Å². The second-order valence-electron chi connectivity index (χ2n) is 4.07. The number of aromatic nitrogens is 1. The molecule has 0 aliphatic rings. The second-order valence-corrected chi connectivity index (χ2v) is 4.92. The average Bonchev–Trinajstić information content (AvgIpc) is 2.16. The van der Waals surface area contributed by atoms with Crippen LogP contribution in [0.15, 0.2) is 34.8 Å². The van der Waals surface area contributed by atoms with Crippen LogP contribution in [0.5, 0.6) is 0 Å². The van der Waals surface area contributed by atoms with E-state index >= 15 is 0 Å². The maximum atomic E-state index is 9.86. The molecule has 1 N–H and O–H groups in total. The molecular weight excluding hydrogens is 254 g/mol. The Morgan fingerprint density at radius 3 is 2.60 bits per heavy atom. The summed E-state index contributed by atoms with van der Waals surface area (Å²) in [4.78, 5) is 4.45. The smallest absolute Gasteiger partial charge is 0.101 e. The fraction of sp³-hybridized carbons (Fsp3) is 0.250. The molecule has 0 unspecified atom stereocenters. The number of fused-ring (bicyclic) bond motifs is 1. The minimum Gasteiger partial charge on any atom is -0.384 e. The number of hydrogen-bond donors (Lipinski definition) is 1. The van der Waals surface area contributed by atoms with E-state index < -0.39 is 5.60 Å². The minimum absolute atomic E-state index is 0.682. The van der Waals surface area contributed by atoms with Crippen LogP contribution in [0, 0.1) is 0 Å². The van der Waals surface area contributed by atoms with Gasteiger partial charge in [-0.15, -0.1) is 0 Å². The number of para-hydroxylation sites is 1. The Balaban J connectivity index is 2.70. The van der Waals surface area contributed by atoms with Gasteiger partial charge >= 0.3 is 0 Å². The number of hydrogen-bond acceptors (Lipinski definition) is 2. The zero-order valence-corrected chi connectivity index (χ0v) is 10.2. The van der Waals surface area contributed by atoms with Gasteiger partial charge in [-0.05, 0) is 41.9 Å². The summed E-state index contributed by atoms with van der Waals surface area (Å²) >= 11 is 3.45. The summed E-state index contributed by atoms with van der Waals surface area (Å²) in [5.41, 5.74) is 0.669. The fourth-order valence-corrected chi connectivity index (χ4v) is 1.92. The standard InChI is InChI=1S/C12H12BrNO/c1-12(2,15)10-7-6-8-4-3-5-9(13)11(8)14-10/h3-7,15H,1-2H3. The predicted octanol–water partition coefficient (Wildman–Crippen LogP) is 3.22. The van der Waals surface area contributed by atoms with E-state index in [0.717, 1.165) is 15.4 Å². The molecule has 15 heavy (non-hydrogen) atoms. The van der Waals surface area contributed by atoms with Crippen LogP contribution >= 0.6 is 15.9 Å². The zero-order chi connectivity index (χ0) is 11.1. The van der Waals surface area contributed by atoms with Gasteiger partial charge in [0.15, 0.2) is 0 Å². The third kappa shape index (κ3) is 2.03. The molecule has 0 saturated carbocycles. The average molecular weight is 266 g/mol. The van der Waals surface area contributed by atoms with Gasteiger partial charge in [-0.25, -0.2) is 4.98 Å². The van der Waals surface area contributed by atoms with Crippen LogP contribution in [0.4, 0.5) is 0 Å². The van der Waals surface area contributed by atoms with Crippen LogP contribution in [0.25, 0.3) is 10.9 Å². The van der Waals surface area contributed by atoms with Crippen molar-refractivity contribution in [2.45, 2.75) is 19.4 Å². The van der Waals surface area contributed by atoms with Crippen molar-refractivity contribution in [1.82, 2.24) is 4.98 Å². The van der Waals surface area contributed by atoms with E-state index in [2.05, 4.69) is 20.9 Å². The first-order chi connectivity index (χ1) is 6.98. The van der Waals surface area contributed by atoms with Gasteiger partial charge in [0.05, 0.1) is 11.2 Å². The number of pyridine rings is 1. The van der Waals surface area contributed by atoms with Crippen molar-refractivity contribution in [3.8, 4) is 0 Å². The van der Waals surface area contributed by atoms with Crippen LogP contribution < -0.4 is 0 Å². The second kappa shape index (κ2) is 3.58. The summed E-state index contributed by atoms with van der Waals surface area (Å²) in [6.07, 6.45) is 0. The van der Waals surface area contributed by atoms with E-state index in [-0.39, 0.29) is 0 Å². The lowest BCUT2D eigenvalue weighted by atomic mass is 10.0. The van der Waals surface area contributed by atoms with E-state index in [1.165, 1.54) is 0 Å².